The van der Waals surface area contributed by atoms with Gasteiger partial charge in [0, 0.05) is 6.42 Å². The second-order valence-corrected chi connectivity index (χ2v) is 5.95. The van der Waals surface area contributed by atoms with E-state index in [0.29, 0.717) is 5.57 Å². The minimum atomic E-state index is -0.436. The summed E-state index contributed by atoms with van der Waals surface area (Å²) in [7, 11) is 1.19. The molecule has 1 fully saturated rings. The van der Waals surface area contributed by atoms with Crippen molar-refractivity contribution in [2.75, 3.05) is 7.11 Å². The summed E-state index contributed by atoms with van der Waals surface area (Å²) in [5.41, 5.74) is 0.760. The van der Waals surface area contributed by atoms with Crippen LogP contribution >= 0.6 is 0 Å². The van der Waals surface area contributed by atoms with Crippen LogP contribution in [0.3, 0.4) is 0 Å². The Morgan fingerprint density at radius 1 is 1.21 bits per heavy atom. The molecule has 5 heteroatoms. The second kappa shape index (κ2) is 4.70. The lowest BCUT2D eigenvalue weighted by molar-refractivity contribution is 0.00578. The van der Waals surface area contributed by atoms with E-state index in [4.69, 9.17) is 14.0 Å². The van der Waals surface area contributed by atoms with E-state index < -0.39 is 7.12 Å². The maximum absolute atomic E-state index is 9.28. The van der Waals surface area contributed by atoms with E-state index in [-0.39, 0.29) is 11.2 Å². The summed E-state index contributed by atoms with van der Waals surface area (Å²) in [6.07, 6.45) is 3.30. The first-order chi connectivity index (χ1) is 8.80. The standard InChI is InChI=1S/C14H20BNO3/c1-13(2)14(3,4)19-15(18-13)12-7-6-11(17-5)8-10(12)9-16/h8H,6-7H2,1-5H3. The molecular weight excluding hydrogens is 241 g/mol. The summed E-state index contributed by atoms with van der Waals surface area (Å²) in [6.45, 7) is 8.05. The van der Waals surface area contributed by atoms with Crippen LogP contribution in [0.1, 0.15) is 40.5 Å². The average molecular weight is 261 g/mol. The zero-order valence-electron chi connectivity index (χ0n) is 12.2. The van der Waals surface area contributed by atoms with E-state index in [2.05, 4.69) is 6.07 Å². The minimum Gasteiger partial charge on any atom is -0.501 e. The molecule has 1 aliphatic heterocycles. The lowest BCUT2D eigenvalue weighted by Crippen LogP contribution is -2.41. The van der Waals surface area contributed by atoms with Crippen molar-refractivity contribution in [2.45, 2.75) is 51.7 Å². The van der Waals surface area contributed by atoms with Crippen LogP contribution in [0.15, 0.2) is 22.9 Å². The SMILES string of the molecule is COC1=CC(C#N)=C(B2OC(C)(C)C(C)(C)O2)CC1. The van der Waals surface area contributed by atoms with Crippen molar-refractivity contribution < 1.29 is 14.0 Å². The Morgan fingerprint density at radius 3 is 2.26 bits per heavy atom. The van der Waals surface area contributed by atoms with Crippen LogP contribution in [0.2, 0.25) is 0 Å². The van der Waals surface area contributed by atoms with Crippen LogP contribution in [-0.4, -0.2) is 25.4 Å². The van der Waals surface area contributed by atoms with Crippen molar-refractivity contribution in [3.05, 3.63) is 22.9 Å². The summed E-state index contributed by atoms with van der Waals surface area (Å²) in [5, 5.41) is 9.28. The van der Waals surface area contributed by atoms with Gasteiger partial charge >= 0.3 is 7.12 Å². The second-order valence-electron chi connectivity index (χ2n) is 5.95. The Kier molecular flexibility index (Phi) is 3.50. The summed E-state index contributed by atoms with van der Waals surface area (Å²) >= 11 is 0. The third kappa shape index (κ3) is 2.43. The lowest BCUT2D eigenvalue weighted by atomic mass is 9.71. The molecule has 102 valence electrons. The Balaban J connectivity index is 2.31. The van der Waals surface area contributed by atoms with Crippen molar-refractivity contribution in [2.24, 2.45) is 0 Å². The smallest absolute Gasteiger partial charge is 0.491 e. The molecule has 0 aromatic rings. The molecular formula is C14H20BNO3. The van der Waals surface area contributed by atoms with Gasteiger partial charge in [0.05, 0.1) is 35.7 Å². The molecule has 1 saturated heterocycles. The molecule has 0 aromatic carbocycles. The predicted molar refractivity (Wildman–Crippen MR) is 73.0 cm³/mol. The number of ether oxygens (including phenoxy) is 1. The van der Waals surface area contributed by atoms with E-state index >= 15 is 0 Å². The fourth-order valence-corrected chi connectivity index (χ4v) is 2.21. The third-order valence-electron chi connectivity index (χ3n) is 4.21. The molecule has 0 bridgehead atoms. The number of hydrogen-bond acceptors (Lipinski definition) is 4. The zero-order chi connectivity index (χ0) is 14.3. The molecule has 0 unspecified atom stereocenters. The maximum atomic E-state index is 9.28. The fourth-order valence-electron chi connectivity index (χ4n) is 2.21. The van der Waals surface area contributed by atoms with Crippen LogP contribution in [0, 0.1) is 11.3 Å². The largest absolute Gasteiger partial charge is 0.501 e. The number of nitrogens with zero attached hydrogens (tertiary/aromatic N) is 1. The molecule has 0 aromatic heterocycles. The first-order valence-electron chi connectivity index (χ1n) is 6.54. The highest BCUT2D eigenvalue weighted by Crippen LogP contribution is 2.41. The van der Waals surface area contributed by atoms with Crippen molar-refractivity contribution in [1.82, 2.24) is 0 Å². The fraction of sp³-hybridized carbons (Fsp3) is 0.643. The Bertz CT molecular complexity index is 469. The van der Waals surface area contributed by atoms with Crippen LogP contribution in [-0.2, 0) is 14.0 Å². The van der Waals surface area contributed by atoms with Crippen molar-refractivity contribution in [1.29, 1.82) is 5.26 Å². The van der Waals surface area contributed by atoms with Gasteiger partial charge in [-0.05, 0) is 45.7 Å². The molecule has 2 rings (SSSR count). The van der Waals surface area contributed by atoms with Gasteiger partial charge in [-0.3, -0.25) is 0 Å². The quantitative estimate of drug-likeness (QED) is 0.717. The number of hydrogen-bond donors (Lipinski definition) is 0. The van der Waals surface area contributed by atoms with E-state index in [1.807, 2.05) is 27.7 Å². The Morgan fingerprint density at radius 2 is 1.79 bits per heavy atom. The van der Waals surface area contributed by atoms with Gasteiger partial charge in [-0.25, -0.2) is 0 Å². The van der Waals surface area contributed by atoms with Crippen LogP contribution in [0.4, 0.5) is 0 Å². The highest BCUT2D eigenvalue weighted by atomic mass is 16.7. The van der Waals surface area contributed by atoms with Crippen LogP contribution in [0.5, 0.6) is 0 Å². The predicted octanol–water partition coefficient (Wildman–Crippen LogP) is 2.76. The first-order valence-corrected chi connectivity index (χ1v) is 6.54. The molecule has 0 amide bonds. The monoisotopic (exact) mass is 261 g/mol. The van der Waals surface area contributed by atoms with Crippen LogP contribution < -0.4 is 0 Å². The normalized spacial score (nSPS) is 25.1. The molecule has 1 heterocycles. The van der Waals surface area contributed by atoms with Gasteiger partial charge in [0.2, 0.25) is 0 Å². The van der Waals surface area contributed by atoms with Crippen molar-refractivity contribution in [3.8, 4) is 6.07 Å². The Labute approximate surface area is 115 Å². The molecule has 4 nitrogen and oxygen atoms in total. The number of methoxy groups -OCH3 is 1. The molecule has 0 N–H and O–H groups in total. The summed E-state index contributed by atoms with van der Waals surface area (Å²) in [5.74, 6) is 0.830. The number of rotatable bonds is 2. The lowest BCUT2D eigenvalue weighted by Gasteiger charge is -2.32. The van der Waals surface area contributed by atoms with Crippen molar-refractivity contribution in [3.63, 3.8) is 0 Å². The van der Waals surface area contributed by atoms with Gasteiger partial charge in [0.25, 0.3) is 0 Å². The van der Waals surface area contributed by atoms with Gasteiger partial charge < -0.3 is 14.0 Å². The van der Waals surface area contributed by atoms with Gasteiger partial charge in [0.1, 0.15) is 0 Å². The third-order valence-corrected chi connectivity index (χ3v) is 4.21. The topological polar surface area (TPSA) is 51.5 Å². The van der Waals surface area contributed by atoms with E-state index in [0.717, 1.165) is 24.1 Å². The van der Waals surface area contributed by atoms with Gasteiger partial charge in [-0.15, -0.1) is 0 Å². The molecule has 0 spiro atoms. The minimum absolute atomic E-state index is 0.378. The highest BCUT2D eigenvalue weighted by molar-refractivity contribution is 6.55. The van der Waals surface area contributed by atoms with Gasteiger partial charge in [0.15, 0.2) is 0 Å². The van der Waals surface area contributed by atoms with Crippen LogP contribution in [0.25, 0.3) is 0 Å². The van der Waals surface area contributed by atoms with Crippen molar-refractivity contribution >= 4 is 7.12 Å². The summed E-state index contributed by atoms with van der Waals surface area (Å²) in [4.78, 5) is 0. The Hall–Kier alpha value is -1.25. The molecule has 1 aliphatic carbocycles. The van der Waals surface area contributed by atoms with Gasteiger partial charge in [-0.1, -0.05) is 0 Å². The molecule has 19 heavy (non-hydrogen) atoms. The highest BCUT2D eigenvalue weighted by Gasteiger charge is 2.52. The number of nitriles is 1. The van der Waals surface area contributed by atoms with E-state index in [1.165, 1.54) is 0 Å². The van der Waals surface area contributed by atoms with E-state index in [9.17, 15) is 5.26 Å². The first kappa shape index (κ1) is 14.2. The van der Waals surface area contributed by atoms with E-state index in [1.54, 1.807) is 13.2 Å². The molecule has 0 radical (unpaired) electrons. The zero-order valence-corrected chi connectivity index (χ0v) is 12.2. The molecule has 0 saturated carbocycles. The summed E-state index contributed by atoms with van der Waals surface area (Å²) in [6, 6.07) is 2.21. The number of allylic oxidation sites excluding steroid dienone is 4. The maximum Gasteiger partial charge on any atom is 0.491 e. The summed E-state index contributed by atoms with van der Waals surface area (Å²) < 4.78 is 17.2. The average Bonchev–Trinajstić information content (AvgIpc) is 2.57. The molecule has 2 aliphatic rings. The van der Waals surface area contributed by atoms with Gasteiger partial charge in [-0.2, -0.15) is 5.26 Å². The molecule has 0 atom stereocenters.